The molecule has 3 rings (SSSR count). The van der Waals surface area contributed by atoms with Gasteiger partial charge in [-0.2, -0.15) is 5.10 Å². The van der Waals surface area contributed by atoms with Gasteiger partial charge in [0.05, 0.1) is 11.1 Å². The fourth-order valence-electron chi connectivity index (χ4n) is 2.16. The second kappa shape index (κ2) is 7.22. The summed E-state index contributed by atoms with van der Waals surface area (Å²) in [5.74, 6) is 0.611. The first kappa shape index (κ1) is 16.1. The number of rotatable bonds is 5. The van der Waals surface area contributed by atoms with Crippen LogP contribution in [-0.4, -0.2) is 17.0 Å². The lowest BCUT2D eigenvalue weighted by Crippen LogP contribution is -2.17. The third kappa shape index (κ3) is 3.97. The summed E-state index contributed by atoms with van der Waals surface area (Å²) in [4.78, 5) is 22.1. The molecule has 0 unspecified atom stereocenters. The normalized spacial score (nSPS) is 10.7. The average molecular weight is 335 g/mol. The van der Waals surface area contributed by atoms with Gasteiger partial charge in [0, 0.05) is 23.3 Å². The van der Waals surface area contributed by atoms with Gasteiger partial charge < -0.3 is 4.42 Å². The van der Waals surface area contributed by atoms with Gasteiger partial charge in [0.2, 0.25) is 0 Å². The molecule has 0 aliphatic heterocycles. The number of hydrogen-bond donors (Lipinski definition) is 1. The smallest absolute Gasteiger partial charge is 0.271 e. The standard InChI is InChI=1S/C18H13N3O4/c22-18(14-7-4-8-15(11-14)21(23)24)20-19-12-16-9-10-17(25-16)13-5-2-1-3-6-13/h1-12H,(H,20,22). The van der Waals surface area contributed by atoms with Crippen LogP contribution < -0.4 is 5.43 Å². The van der Waals surface area contributed by atoms with Gasteiger partial charge >= 0.3 is 0 Å². The number of nitrogens with zero attached hydrogens (tertiary/aromatic N) is 2. The van der Waals surface area contributed by atoms with Gasteiger partial charge in [-0.05, 0) is 18.2 Å². The molecule has 0 atom stereocenters. The Bertz CT molecular complexity index is 932. The van der Waals surface area contributed by atoms with Crippen molar-refractivity contribution in [3.05, 3.63) is 88.2 Å². The molecule has 1 N–H and O–H groups in total. The van der Waals surface area contributed by atoms with Crippen molar-refractivity contribution >= 4 is 17.8 Å². The highest BCUT2D eigenvalue weighted by Crippen LogP contribution is 2.20. The van der Waals surface area contributed by atoms with Crippen molar-refractivity contribution in [2.75, 3.05) is 0 Å². The van der Waals surface area contributed by atoms with Crippen LogP contribution in [0.25, 0.3) is 11.3 Å². The lowest BCUT2D eigenvalue weighted by molar-refractivity contribution is -0.384. The van der Waals surface area contributed by atoms with Crippen molar-refractivity contribution in [3.8, 4) is 11.3 Å². The Balaban J connectivity index is 1.65. The quantitative estimate of drug-likeness (QED) is 0.437. The van der Waals surface area contributed by atoms with E-state index in [0.717, 1.165) is 5.56 Å². The molecule has 0 aliphatic rings. The number of furan rings is 1. The Morgan fingerprint density at radius 1 is 1.08 bits per heavy atom. The predicted molar refractivity (Wildman–Crippen MR) is 92.3 cm³/mol. The van der Waals surface area contributed by atoms with Crippen molar-refractivity contribution in [2.24, 2.45) is 5.10 Å². The molecule has 0 aliphatic carbocycles. The largest absolute Gasteiger partial charge is 0.455 e. The Hall–Kier alpha value is -3.74. The minimum atomic E-state index is -0.562. The van der Waals surface area contributed by atoms with Crippen LogP contribution >= 0.6 is 0 Å². The molecule has 3 aromatic rings. The molecule has 7 heteroatoms. The number of carbonyl (C=O) groups excluding carboxylic acids is 1. The van der Waals surface area contributed by atoms with Crippen LogP contribution in [0.1, 0.15) is 16.1 Å². The van der Waals surface area contributed by atoms with Crippen LogP contribution in [0.3, 0.4) is 0 Å². The molecule has 25 heavy (non-hydrogen) atoms. The number of hydrazone groups is 1. The molecule has 2 aromatic carbocycles. The fraction of sp³-hybridized carbons (Fsp3) is 0. The number of carbonyl (C=O) groups is 1. The number of nitro benzene ring substituents is 1. The molecule has 0 saturated heterocycles. The molecule has 0 spiro atoms. The van der Waals surface area contributed by atoms with Crippen molar-refractivity contribution in [1.82, 2.24) is 5.43 Å². The van der Waals surface area contributed by atoms with E-state index in [0.29, 0.717) is 11.5 Å². The highest BCUT2D eigenvalue weighted by atomic mass is 16.6. The number of amides is 1. The Labute approximate surface area is 142 Å². The lowest BCUT2D eigenvalue weighted by atomic mass is 10.2. The molecule has 1 amide bonds. The van der Waals surface area contributed by atoms with E-state index in [-0.39, 0.29) is 11.3 Å². The van der Waals surface area contributed by atoms with Crippen LogP contribution in [0.5, 0.6) is 0 Å². The van der Waals surface area contributed by atoms with Gasteiger partial charge in [-0.3, -0.25) is 14.9 Å². The van der Waals surface area contributed by atoms with Crippen LogP contribution in [0, 0.1) is 10.1 Å². The number of benzene rings is 2. The summed E-state index contributed by atoms with van der Waals surface area (Å²) >= 11 is 0. The first-order valence-corrected chi connectivity index (χ1v) is 7.36. The van der Waals surface area contributed by atoms with Crippen LogP contribution in [0.2, 0.25) is 0 Å². The maximum Gasteiger partial charge on any atom is 0.271 e. The molecule has 124 valence electrons. The maximum absolute atomic E-state index is 12.0. The van der Waals surface area contributed by atoms with Crippen LogP contribution in [0.15, 0.2) is 76.2 Å². The summed E-state index contributed by atoms with van der Waals surface area (Å²) in [5, 5.41) is 14.5. The Morgan fingerprint density at radius 2 is 1.88 bits per heavy atom. The van der Waals surface area contributed by atoms with Gasteiger partial charge in [0.15, 0.2) is 0 Å². The van der Waals surface area contributed by atoms with E-state index < -0.39 is 10.8 Å². The second-order valence-corrected chi connectivity index (χ2v) is 5.07. The van der Waals surface area contributed by atoms with Crippen molar-refractivity contribution in [1.29, 1.82) is 0 Å². The summed E-state index contributed by atoms with van der Waals surface area (Å²) in [7, 11) is 0. The van der Waals surface area contributed by atoms with E-state index >= 15 is 0 Å². The number of nitrogens with one attached hydrogen (secondary N) is 1. The molecule has 1 aromatic heterocycles. The van der Waals surface area contributed by atoms with Crippen molar-refractivity contribution in [2.45, 2.75) is 0 Å². The molecule has 0 bridgehead atoms. The zero-order chi connectivity index (χ0) is 17.6. The highest BCUT2D eigenvalue weighted by molar-refractivity contribution is 5.95. The molecule has 7 nitrogen and oxygen atoms in total. The summed E-state index contributed by atoms with van der Waals surface area (Å²) in [6.07, 6.45) is 1.36. The van der Waals surface area contributed by atoms with Crippen molar-refractivity contribution in [3.63, 3.8) is 0 Å². The molecule has 0 saturated carbocycles. The summed E-state index contributed by atoms with van der Waals surface area (Å²) in [6.45, 7) is 0. The zero-order valence-corrected chi connectivity index (χ0v) is 13.0. The molecule has 0 radical (unpaired) electrons. The van der Waals surface area contributed by atoms with E-state index in [2.05, 4.69) is 10.5 Å². The third-order valence-electron chi connectivity index (χ3n) is 3.36. The fourth-order valence-corrected chi connectivity index (χ4v) is 2.16. The van der Waals surface area contributed by atoms with Gasteiger partial charge in [-0.15, -0.1) is 0 Å². The first-order valence-electron chi connectivity index (χ1n) is 7.36. The molecule has 0 fully saturated rings. The summed E-state index contributed by atoms with van der Waals surface area (Å²) in [5.41, 5.74) is 3.24. The van der Waals surface area contributed by atoms with E-state index in [1.165, 1.54) is 30.5 Å². The number of non-ortho nitro benzene ring substituents is 1. The van der Waals surface area contributed by atoms with Gasteiger partial charge in [-0.1, -0.05) is 36.4 Å². The van der Waals surface area contributed by atoms with E-state index in [9.17, 15) is 14.9 Å². The SMILES string of the molecule is O=C(NN=Cc1ccc(-c2ccccc2)o1)c1cccc([N+](=O)[O-])c1. The maximum atomic E-state index is 12.0. The lowest BCUT2D eigenvalue weighted by Gasteiger charge is -1.99. The molecular formula is C18H13N3O4. The topological polar surface area (TPSA) is 97.7 Å². The summed E-state index contributed by atoms with van der Waals surface area (Å²) in [6, 6.07) is 18.5. The minimum Gasteiger partial charge on any atom is -0.455 e. The first-order chi connectivity index (χ1) is 12.1. The summed E-state index contributed by atoms with van der Waals surface area (Å²) < 4.78 is 5.62. The van der Waals surface area contributed by atoms with Crippen LogP contribution in [0.4, 0.5) is 5.69 Å². The van der Waals surface area contributed by atoms with Gasteiger partial charge in [-0.25, -0.2) is 5.43 Å². The highest BCUT2D eigenvalue weighted by Gasteiger charge is 2.10. The molecule has 1 heterocycles. The van der Waals surface area contributed by atoms with E-state index in [1.807, 2.05) is 30.3 Å². The van der Waals surface area contributed by atoms with Crippen LogP contribution in [-0.2, 0) is 0 Å². The van der Waals surface area contributed by atoms with Gasteiger partial charge in [0.25, 0.3) is 11.6 Å². The van der Waals surface area contributed by atoms with E-state index in [1.54, 1.807) is 12.1 Å². The average Bonchev–Trinajstić information content (AvgIpc) is 3.11. The zero-order valence-electron chi connectivity index (χ0n) is 13.0. The number of nitro groups is 1. The van der Waals surface area contributed by atoms with Crippen molar-refractivity contribution < 1.29 is 14.1 Å². The Morgan fingerprint density at radius 3 is 2.64 bits per heavy atom. The Kier molecular flexibility index (Phi) is 4.66. The monoisotopic (exact) mass is 335 g/mol. The third-order valence-corrected chi connectivity index (χ3v) is 3.36. The molecular weight excluding hydrogens is 322 g/mol. The minimum absolute atomic E-state index is 0.149. The van der Waals surface area contributed by atoms with E-state index in [4.69, 9.17) is 4.42 Å². The second-order valence-electron chi connectivity index (χ2n) is 5.07. The predicted octanol–water partition coefficient (Wildman–Crippen LogP) is 3.62. The van der Waals surface area contributed by atoms with Gasteiger partial charge in [0.1, 0.15) is 11.5 Å². The number of hydrogen-bond acceptors (Lipinski definition) is 5.